The van der Waals surface area contributed by atoms with Gasteiger partial charge < -0.3 is 9.84 Å². The van der Waals surface area contributed by atoms with E-state index >= 15 is 0 Å². The Bertz CT molecular complexity index is 456. The maximum Gasteiger partial charge on any atom is 0.344 e. The van der Waals surface area contributed by atoms with E-state index < -0.39 is 12.1 Å². The molecule has 16 heavy (non-hydrogen) atoms. The van der Waals surface area contributed by atoms with Crippen molar-refractivity contribution < 1.29 is 19.4 Å². The number of aldehydes is 1. The van der Waals surface area contributed by atoms with Crippen LogP contribution in [0.3, 0.4) is 0 Å². The monoisotopic (exact) mass is 284 g/mol. The molecule has 2 rings (SSSR count). The minimum atomic E-state index is -0.995. The van der Waals surface area contributed by atoms with Crippen molar-refractivity contribution in [3.63, 3.8) is 0 Å². The molecule has 0 aromatic heterocycles. The number of carbonyl (C=O) groups is 2. The number of halogens is 1. The maximum absolute atomic E-state index is 10.9. The fourth-order valence-corrected chi connectivity index (χ4v) is 2.27. The Morgan fingerprint density at radius 2 is 2.31 bits per heavy atom. The molecule has 1 unspecified atom stereocenters. The van der Waals surface area contributed by atoms with E-state index in [2.05, 4.69) is 15.9 Å². The molecule has 1 atom stereocenters. The number of carboxylic acids is 1. The topological polar surface area (TPSA) is 63.6 Å². The number of aliphatic carboxylic acids is 1. The number of carboxylic acid groups (broad SMARTS) is 1. The molecule has 0 spiro atoms. The van der Waals surface area contributed by atoms with Crippen molar-refractivity contribution in [2.75, 3.05) is 0 Å². The molecule has 0 saturated heterocycles. The number of benzene rings is 1. The number of hydrogen-bond donors (Lipinski definition) is 1. The lowest BCUT2D eigenvalue weighted by molar-refractivity contribution is -0.145. The van der Waals surface area contributed by atoms with Gasteiger partial charge in [0.1, 0.15) is 5.75 Å². The maximum atomic E-state index is 10.9. The van der Waals surface area contributed by atoms with Gasteiger partial charge >= 0.3 is 5.97 Å². The van der Waals surface area contributed by atoms with Crippen molar-refractivity contribution in [3.8, 4) is 5.75 Å². The van der Waals surface area contributed by atoms with Gasteiger partial charge in [-0.15, -0.1) is 0 Å². The highest BCUT2D eigenvalue weighted by Crippen LogP contribution is 2.33. The fraction of sp³-hybridized carbons (Fsp3) is 0.273. The van der Waals surface area contributed by atoms with E-state index in [1.165, 1.54) is 0 Å². The van der Waals surface area contributed by atoms with Crippen LogP contribution in [0.4, 0.5) is 0 Å². The van der Waals surface area contributed by atoms with Gasteiger partial charge in [-0.05, 0) is 30.5 Å². The van der Waals surface area contributed by atoms with E-state index in [0.29, 0.717) is 30.4 Å². The largest absolute Gasteiger partial charge is 0.479 e. The van der Waals surface area contributed by atoms with Gasteiger partial charge in [-0.2, -0.15) is 0 Å². The third kappa shape index (κ3) is 1.95. The van der Waals surface area contributed by atoms with Crippen LogP contribution in [0.25, 0.3) is 0 Å². The van der Waals surface area contributed by atoms with Crippen LogP contribution in [0.2, 0.25) is 0 Å². The highest BCUT2D eigenvalue weighted by atomic mass is 79.9. The third-order valence-corrected chi connectivity index (χ3v) is 2.96. The quantitative estimate of drug-likeness (QED) is 0.844. The molecular formula is C11H9BrO4. The summed E-state index contributed by atoms with van der Waals surface area (Å²) in [6, 6.07) is 3.47. The summed E-state index contributed by atoms with van der Waals surface area (Å²) in [6.45, 7) is 0. The molecular weight excluding hydrogens is 276 g/mol. The van der Waals surface area contributed by atoms with Gasteiger partial charge in [0.15, 0.2) is 12.4 Å². The first-order valence-electron chi connectivity index (χ1n) is 4.79. The van der Waals surface area contributed by atoms with E-state index in [1.807, 2.05) is 6.07 Å². The molecule has 84 valence electrons. The van der Waals surface area contributed by atoms with Crippen molar-refractivity contribution in [2.45, 2.75) is 18.9 Å². The van der Waals surface area contributed by atoms with Gasteiger partial charge in [-0.3, -0.25) is 4.79 Å². The Hall–Kier alpha value is -1.36. The zero-order valence-corrected chi connectivity index (χ0v) is 9.86. The summed E-state index contributed by atoms with van der Waals surface area (Å²) in [6.07, 6.45) is 0.852. The standard InChI is InChI=1S/C11H9BrO4/c12-8-3-6-1-2-9(11(14)15)16-10(6)7(4-8)5-13/h3-5,9H,1-2H2,(H,14,15). The minimum absolute atomic E-state index is 0.385. The van der Waals surface area contributed by atoms with Gasteiger partial charge in [0.25, 0.3) is 0 Å². The second-order valence-electron chi connectivity index (χ2n) is 3.58. The Kier molecular flexibility index (Phi) is 2.96. The highest BCUT2D eigenvalue weighted by Gasteiger charge is 2.27. The van der Waals surface area contributed by atoms with Gasteiger partial charge in [-0.25, -0.2) is 4.79 Å². The van der Waals surface area contributed by atoms with Crippen molar-refractivity contribution in [2.24, 2.45) is 0 Å². The molecule has 1 aliphatic heterocycles. The predicted molar refractivity (Wildman–Crippen MR) is 59.9 cm³/mol. The van der Waals surface area contributed by atoms with Crippen LogP contribution < -0.4 is 4.74 Å². The van der Waals surface area contributed by atoms with Crippen LogP contribution in [0, 0.1) is 0 Å². The number of aryl methyl sites for hydroxylation is 1. The average molecular weight is 285 g/mol. The molecule has 0 radical (unpaired) electrons. The summed E-state index contributed by atoms with van der Waals surface area (Å²) in [4.78, 5) is 21.7. The summed E-state index contributed by atoms with van der Waals surface area (Å²) in [5.74, 6) is -0.595. The predicted octanol–water partition coefficient (Wildman–Crippen LogP) is 2.04. The smallest absolute Gasteiger partial charge is 0.344 e. The van der Waals surface area contributed by atoms with E-state index in [9.17, 15) is 9.59 Å². The summed E-state index contributed by atoms with van der Waals surface area (Å²) < 4.78 is 6.12. The molecule has 0 fully saturated rings. The number of rotatable bonds is 2. The lowest BCUT2D eigenvalue weighted by atomic mass is 9.99. The lowest BCUT2D eigenvalue weighted by Crippen LogP contribution is -2.31. The number of carbonyl (C=O) groups excluding carboxylic acids is 1. The molecule has 4 nitrogen and oxygen atoms in total. The van der Waals surface area contributed by atoms with Crippen LogP contribution in [-0.4, -0.2) is 23.5 Å². The Morgan fingerprint density at radius 1 is 1.56 bits per heavy atom. The van der Waals surface area contributed by atoms with E-state index in [0.717, 1.165) is 10.0 Å². The third-order valence-electron chi connectivity index (χ3n) is 2.50. The second kappa shape index (κ2) is 4.25. The summed E-state index contributed by atoms with van der Waals surface area (Å²) >= 11 is 3.30. The van der Waals surface area contributed by atoms with Gasteiger partial charge in [0, 0.05) is 4.47 Å². The molecule has 1 aliphatic rings. The summed E-state index contributed by atoms with van der Waals surface area (Å²) in [5.41, 5.74) is 1.25. The molecule has 5 heteroatoms. The van der Waals surface area contributed by atoms with Crippen LogP contribution in [0.15, 0.2) is 16.6 Å². The van der Waals surface area contributed by atoms with Gasteiger partial charge in [0.2, 0.25) is 0 Å². The molecule has 0 bridgehead atoms. The van der Waals surface area contributed by atoms with E-state index in [4.69, 9.17) is 9.84 Å². The molecule has 1 N–H and O–H groups in total. The SMILES string of the molecule is O=Cc1cc(Br)cc2c1OC(C(=O)O)CC2. The van der Waals surface area contributed by atoms with Crippen molar-refractivity contribution in [1.29, 1.82) is 0 Å². The van der Waals surface area contributed by atoms with Crippen LogP contribution in [-0.2, 0) is 11.2 Å². The van der Waals surface area contributed by atoms with Crippen molar-refractivity contribution in [3.05, 3.63) is 27.7 Å². The Balaban J connectivity index is 2.43. The Labute approximate surface area is 100 Å². The first-order chi connectivity index (χ1) is 7.61. The van der Waals surface area contributed by atoms with E-state index in [-0.39, 0.29) is 0 Å². The van der Waals surface area contributed by atoms with Crippen molar-refractivity contribution >= 4 is 28.2 Å². The van der Waals surface area contributed by atoms with Crippen LogP contribution in [0.1, 0.15) is 22.3 Å². The minimum Gasteiger partial charge on any atom is -0.479 e. The summed E-state index contributed by atoms with van der Waals surface area (Å²) in [5, 5.41) is 8.86. The van der Waals surface area contributed by atoms with Gasteiger partial charge in [0.05, 0.1) is 5.56 Å². The van der Waals surface area contributed by atoms with Crippen molar-refractivity contribution in [1.82, 2.24) is 0 Å². The molecule has 1 aromatic carbocycles. The lowest BCUT2D eigenvalue weighted by Gasteiger charge is -2.24. The number of hydrogen-bond acceptors (Lipinski definition) is 3. The normalized spacial score (nSPS) is 18.4. The van der Waals surface area contributed by atoms with Crippen LogP contribution >= 0.6 is 15.9 Å². The molecule has 0 amide bonds. The fourth-order valence-electron chi connectivity index (χ4n) is 1.75. The first kappa shape index (κ1) is 11.1. The molecule has 0 saturated carbocycles. The number of fused-ring (bicyclic) bond motifs is 1. The number of ether oxygens (including phenoxy) is 1. The Morgan fingerprint density at radius 3 is 2.94 bits per heavy atom. The summed E-state index contributed by atoms with van der Waals surface area (Å²) in [7, 11) is 0. The van der Waals surface area contributed by atoms with Crippen LogP contribution in [0.5, 0.6) is 5.75 Å². The molecule has 1 aromatic rings. The molecule has 1 heterocycles. The zero-order chi connectivity index (χ0) is 11.7. The molecule has 0 aliphatic carbocycles. The first-order valence-corrected chi connectivity index (χ1v) is 5.58. The average Bonchev–Trinajstić information content (AvgIpc) is 2.27. The van der Waals surface area contributed by atoms with E-state index in [1.54, 1.807) is 6.07 Å². The second-order valence-corrected chi connectivity index (χ2v) is 4.50. The zero-order valence-electron chi connectivity index (χ0n) is 8.27. The van der Waals surface area contributed by atoms with Gasteiger partial charge in [-0.1, -0.05) is 15.9 Å². The highest BCUT2D eigenvalue weighted by molar-refractivity contribution is 9.10.